The Morgan fingerprint density at radius 1 is 1.13 bits per heavy atom. The van der Waals surface area contributed by atoms with Crippen molar-refractivity contribution < 1.29 is 9.90 Å². The molecule has 0 bridgehead atoms. The van der Waals surface area contributed by atoms with Crippen molar-refractivity contribution in [2.24, 2.45) is 0 Å². The predicted octanol–water partition coefficient (Wildman–Crippen LogP) is 3.57. The minimum atomic E-state index is -0.935. The van der Waals surface area contributed by atoms with Crippen LogP contribution in [-0.2, 0) is 4.79 Å². The van der Waals surface area contributed by atoms with E-state index in [0.29, 0.717) is 5.69 Å². The van der Waals surface area contributed by atoms with E-state index in [1.54, 1.807) is 13.1 Å². The van der Waals surface area contributed by atoms with Gasteiger partial charge in [-0.05, 0) is 36.6 Å². The van der Waals surface area contributed by atoms with E-state index in [1.165, 1.54) is 15.8 Å². The van der Waals surface area contributed by atoms with E-state index < -0.39 is 12.0 Å². The lowest BCUT2D eigenvalue weighted by Crippen LogP contribution is -2.15. The van der Waals surface area contributed by atoms with Crippen molar-refractivity contribution in [2.75, 3.05) is 0 Å². The third kappa shape index (κ3) is 2.99. The van der Waals surface area contributed by atoms with Crippen LogP contribution in [0.25, 0.3) is 22.4 Å². The molecule has 0 spiro atoms. The highest BCUT2D eigenvalue weighted by Crippen LogP contribution is 2.27. The van der Waals surface area contributed by atoms with Crippen LogP contribution in [0.1, 0.15) is 18.5 Å². The molecule has 0 aliphatic rings. The average Bonchev–Trinajstić information content (AvgIpc) is 3.04. The van der Waals surface area contributed by atoms with Crippen LogP contribution in [0.3, 0.4) is 0 Å². The number of aromatic nitrogens is 3. The molecule has 3 rings (SSSR count). The van der Waals surface area contributed by atoms with Crippen LogP contribution in [0.4, 0.5) is 0 Å². The van der Waals surface area contributed by atoms with E-state index in [0.717, 1.165) is 11.1 Å². The second-order valence-electron chi connectivity index (χ2n) is 5.49. The third-order valence-electron chi connectivity index (χ3n) is 3.88. The van der Waals surface area contributed by atoms with Crippen LogP contribution >= 0.6 is 0 Å². The molecule has 1 unspecified atom stereocenters. The first-order valence-corrected chi connectivity index (χ1v) is 7.37. The van der Waals surface area contributed by atoms with Gasteiger partial charge >= 0.3 is 5.97 Å². The highest BCUT2D eigenvalue weighted by molar-refractivity contribution is 5.74. The number of hydrogen-bond acceptors (Lipinski definition) is 3. The van der Waals surface area contributed by atoms with Gasteiger partial charge in [-0.1, -0.05) is 47.7 Å². The van der Waals surface area contributed by atoms with Gasteiger partial charge in [-0.2, -0.15) is 0 Å². The molecule has 1 heterocycles. The number of hydrogen-bond donors (Lipinski definition) is 1. The summed E-state index contributed by atoms with van der Waals surface area (Å²) >= 11 is 0. The molecule has 0 saturated heterocycles. The van der Waals surface area contributed by atoms with E-state index in [9.17, 15) is 4.79 Å². The molecule has 23 heavy (non-hydrogen) atoms. The summed E-state index contributed by atoms with van der Waals surface area (Å²) in [4.78, 5) is 11.0. The summed E-state index contributed by atoms with van der Waals surface area (Å²) in [7, 11) is 0. The topological polar surface area (TPSA) is 68.0 Å². The maximum Gasteiger partial charge on any atom is 0.328 e. The van der Waals surface area contributed by atoms with Crippen LogP contribution in [0, 0.1) is 6.92 Å². The van der Waals surface area contributed by atoms with E-state index in [-0.39, 0.29) is 0 Å². The Morgan fingerprint density at radius 2 is 1.87 bits per heavy atom. The SMILES string of the molecule is Cc1ccccc1-c1cccc(-c2cn(C(C)C(=O)O)nn2)c1. The molecule has 0 fully saturated rings. The summed E-state index contributed by atoms with van der Waals surface area (Å²) in [5.74, 6) is -0.935. The summed E-state index contributed by atoms with van der Waals surface area (Å²) < 4.78 is 1.36. The minimum absolute atomic E-state index is 0.661. The van der Waals surface area contributed by atoms with Gasteiger partial charge in [0.15, 0.2) is 0 Å². The molecule has 5 nitrogen and oxygen atoms in total. The number of carboxylic acids is 1. The molecule has 2 aromatic carbocycles. The molecule has 1 atom stereocenters. The molecule has 0 saturated carbocycles. The number of rotatable bonds is 4. The average molecular weight is 307 g/mol. The molecule has 0 amide bonds. The zero-order valence-electron chi connectivity index (χ0n) is 13.0. The normalized spacial score (nSPS) is 12.1. The smallest absolute Gasteiger partial charge is 0.328 e. The molecule has 0 radical (unpaired) electrons. The second kappa shape index (κ2) is 6.04. The van der Waals surface area contributed by atoms with Gasteiger partial charge in [0.1, 0.15) is 11.7 Å². The Balaban J connectivity index is 1.98. The van der Waals surface area contributed by atoms with Crippen molar-refractivity contribution >= 4 is 5.97 Å². The van der Waals surface area contributed by atoms with Crippen molar-refractivity contribution in [3.05, 3.63) is 60.3 Å². The van der Waals surface area contributed by atoms with Crippen LogP contribution in [0.15, 0.2) is 54.7 Å². The maximum atomic E-state index is 11.0. The molecule has 1 aromatic heterocycles. The largest absolute Gasteiger partial charge is 0.480 e. The van der Waals surface area contributed by atoms with Crippen LogP contribution in [0.5, 0.6) is 0 Å². The van der Waals surface area contributed by atoms with Crippen molar-refractivity contribution in [1.29, 1.82) is 0 Å². The van der Waals surface area contributed by atoms with Crippen LogP contribution < -0.4 is 0 Å². The van der Waals surface area contributed by atoms with Gasteiger partial charge in [-0.25, -0.2) is 9.48 Å². The number of carbonyl (C=O) groups is 1. The van der Waals surface area contributed by atoms with E-state index in [2.05, 4.69) is 35.4 Å². The Morgan fingerprint density at radius 3 is 2.61 bits per heavy atom. The van der Waals surface area contributed by atoms with E-state index >= 15 is 0 Å². The first-order chi connectivity index (χ1) is 11.1. The van der Waals surface area contributed by atoms with Gasteiger partial charge in [0.05, 0.1) is 6.20 Å². The van der Waals surface area contributed by atoms with E-state index in [1.807, 2.05) is 30.3 Å². The first kappa shape index (κ1) is 15.0. The van der Waals surface area contributed by atoms with Gasteiger partial charge in [0.25, 0.3) is 0 Å². The summed E-state index contributed by atoms with van der Waals surface area (Å²) in [6.07, 6.45) is 1.66. The van der Waals surface area contributed by atoms with Crippen molar-refractivity contribution in [2.45, 2.75) is 19.9 Å². The highest BCUT2D eigenvalue weighted by atomic mass is 16.4. The first-order valence-electron chi connectivity index (χ1n) is 7.37. The van der Waals surface area contributed by atoms with Gasteiger partial charge in [0.2, 0.25) is 0 Å². The maximum absolute atomic E-state index is 11.0. The molecule has 0 aliphatic carbocycles. The number of aryl methyl sites for hydroxylation is 1. The van der Waals surface area contributed by atoms with Crippen LogP contribution in [-0.4, -0.2) is 26.1 Å². The lowest BCUT2D eigenvalue weighted by atomic mass is 9.98. The van der Waals surface area contributed by atoms with Crippen molar-refractivity contribution in [3.63, 3.8) is 0 Å². The zero-order valence-corrected chi connectivity index (χ0v) is 13.0. The number of aliphatic carboxylic acids is 1. The lowest BCUT2D eigenvalue weighted by molar-refractivity contribution is -0.140. The van der Waals surface area contributed by atoms with Gasteiger partial charge in [-0.3, -0.25) is 0 Å². The number of carboxylic acid groups (broad SMARTS) is 1. The second-order valence-corrected chi connectivity index (χ2v) is 5.49. The zero-order chi connectivity index (χ0) is 16.4. The fraction of sp³-hybridized carbons (Fsp3) is 0.167. The molecule has 0 aliphatic heterocycles. The monoisotopic (exact) mass is 307 g/mol. The number of nitrogens with zero attached hydrogens (tertiary/aromatic N) is 3. The highest BCUT2D eigenvalue weighted by Gasteiger charge is 2.15. The Labute approximate surface area is 134 Å². The Bertz CT molecular complexity index is 855. The molecule has 3 aromatic rings. The molecule has 5 heteroatoms. The third-order valence-corrected chi connectivity index (χ3v) is 3.88. The fourth-order valence-corrected chi connectivity index (χ4v) is 2.45. The van der Waals surface area contributed by atoms with Gasteiger partial charge in [0, 0.05) is 5.56 Å². The molecule has 116 valence electrons. The Kier molecular flexibility index (Phi) is 3.93. The van der Waals surface area contributed by atoms with E-state index in [4.69, 9.17) is 5.11 Å². The van der Waals surface area contributed by atoms with Gasteiger partial charge < -0.3 is 5.11 Å². The minimum Gasteiger partial charge on any atom is -0.480 e. The van der Waals surface area contributed by atoms with Crippen LogP contribution in [0.2, 0.25) is 0 Å². The van der Waals surface area contributed by atoms with Crippen molar-refractivity contribution in [1.82, 2.24) is 15.0 Å². The number of benzene rings is 2. The fourth-order valence-electron chi connectivity index (χ4n) is 2.45. The standard InChI is InChI=1S/C18H17N3O2/c1-12-6-3-4-9-16(12)14-7-5-8-15(10-14)17-11-21(20-19-17)13(2)18(22)23/h3-11,13H,1-2H3,(H,22,23). The summed E-state index contributed by atoms with van der Waals surface area (Å²) in [5, 5.41) is 17.1. The lowest BCUT2D eigenvalue weighted by Gasteiger charge is -2.07. The summed E-state index contributed by atoms with van der Waals surface area (Å²) in [5.41, 5.74) is 5.04. The molecular weight excluding hydrogens is 290 g/mol. The van der Waals surface area contributed by atoms with Crippen molar-refractivity contribution in [3.8, 4) is 22.4 Å². The summed E-state index contributed by atoms with van der Waals surface area (Å²) in [6, 6.07) is 15.5. The van der Waals surface area contributed by atoms with Gasteiger partial charge in [-0.15, -0.1) is 5.10 Å². The molecule has 1 N–H and O–H groups in total. The predicted molar refractivity (Wildman–Crippen MR) is 88.0 cm³/mol. The molecular formula is C18H17N3O2. The Hall–Kier alpha value is -2.95. The summed E-state index contributed by atoms with van der Waals surface area (Å²) in [6.45, 7) is 3.65. The quantitative estimate of drug-likeness (QED) is 0.800.